The lowest BCUT2D eigenvalue weighted by atomic mass is 10.1. The quantitative estimate of drug-likeness (QED) is 0.259. The molecule has 0 fully saturated rings. The summed E-state index contributed by atoms with van der Waals surface area (Å²) >= 11 is 0. The minimum Gasteiger partial charge on any atom is -0.497 e. The van der Waals surface area contributed by atoms with Crippen molar-refractivity contribution < 1.29 is 28.5 Å². The van der Waals surface area contributed by atoms with Crippen LogP contribution in [0, 0.1) is 0 Å². The summed E-state index contributed by atoms with van der Waals surface area (Å²) in [6.07, 6.45) is 0. The number of carbonyl (C=O) groups is 2. The van der Waals surface area contributed by atoms with Gasteiger partial charge >= 0.3 is 11.9 Å². The van der Waals surface area contributed by atoms with E-state index in [2.05, 4.69) is 0 Å². The Morgan fingerprint density at radius 1 is 0.441 bits per heavy atom. The number of hydrogen-bond donors (Lipinski definition) is 0. The molecule has 0 amide bonds. The summed E-state index contributed by atoms with van der Waals surface area (Å²) in [5, 5.41) is 0. The van der Waals surface area contributed by atoms with Gasteiger partial charge in [0.05, 0.1) is 25.3 Å². The van der Waals surface area contributed by atoms with Crippen LogP contribution in [0.25, 0.3) is 11.1 Å². The van der Waals surface area contributed by atoms with Crippen molar-refractivity contribution in [1.82, 2.24) is 0 Å². The summed E-state index contributed by atoms with van der Waals surface area (Å²) in [6.45, 7) is 0. The highest BCUT2D eigenvalue weighted by atomic mass is 16.5. The highest BCUT2D eigenvalue weighted by molar-refractivity contribution is 5.92. The van der Waals surface area contributed by atoms with E-state index in [1.165, 1.54) is 0 Å². The summed E-state index contributed by atoms with van der Waals surface area (Å²) in [4.78, 5) is 24.6. The first-order valence-corrected chi connectivity index (χ1v) is 10.5. The Kier molecular flexibility index (Phi) is 6.89. The highest BCUT2D eigenvalue weighted by Crippen LogP contribution is 2.26. The molecule has 0 unspecified atom stereocenters. The minimum atomic E-state index is -0.446. The van der Waals surface area contributed by atoms with Crippen molar-refractivity contribution >= 4 is 11.9 Å². The molecule has 0 radical (unpaired) electrons. The van der Waals surface area contributed by atoms with Crippen molar-refractivity contribution in [3.8, 4) is 34.1 Å². The molecule has 0 heterocycles. The Hall–Kier alpha value is -4.58. The van der Waals surface area contributed by atoms with E-state index in [4.69, 9.17) is 18.9 Å². The topological polar surface area (TPSA) is 71.1 Å². The third kappa shape index (κ3) is 5.42. The molecule has 0 saturated heterocycles. The second-order valence-electron chi connectivity index (χ2n) is 7.28. The predicted molar refractivity (Wildman–Crippen MR) is 128 cm³/mol. The first-order chi connectivity index (χ1) is 16.6. The Morgan fingerprint density at radius 2 is 0.735 bits per heavy atom. The fraction of sp³-hybridized carbons (Fsp3) is 0.0714. The second kappa shape index (κ2) is 10.4. The molecule has 6 nitrogen and oxygen atoms in total. The monoisotopic (exact) mass is 454 g/mol. The molecule has 0 spiro atoms. The molecule has 0 saturated carbocycles. The Bertz CT molecular complexity index is 1160. The summed E-state index contributed by atoms with van der Waals surface area (Å²) in [5.74, 6) is 1.32. The number of hydrogen-bond acceptors (Lipinski definition) is 6. The number of benzene rings is 4. The molecule has 4 rings (SSSR count). The SMILES string of the molecule is COc1ccc(C(=O)Oc2ccc(-c3ccc(OC(=O)c4ccc(OC)cc4)cc3)cc2)cc1. The van der Waals surface area contributed by atoms with Crippen molar-refractivity contribution in [2.75, 3.05) is 14.2 Å². The number of esters is 2. The molecular weight excluding hydrogens is 432 g/mol. The number of ether oxygens (including phenoxy) is 4. The maximum atomic E-state index is 12.3. The van der Waals surface area contributed by atoms with Crippen LogP contribution in [0.5, 0.6) is 23.0 Å². The third-order valence-electron chi connectivity index (χ3n) is 5.11. The van der Waals surface area contributed by atoms with E-state index in [0.29, 0.717) is 34.1 Å². The molecule has 34 heavy (non-hydrogen) atoms. The maximum Gasteiger partial charge on any atom is 0.343 e. The summed E-state index contributed by atoms with van der Waals surface area (Å²) in [7, 11) is 3.13. The van der Waals surface area contributed by atoms with Crippen molar-refractivity contribution in [2.24, 2.45) is 0 Å². The molecule has 0 aromatic heterocycles. The Morgan fingerprint density at radius 3 is 1.03 bits per heavy atom. The number of carbonyl (C=O) groups excluding carboxylic acids is 2. The molecule has 0 aliphatic carbocycles. The van der Waals surface area contributed by atoms with Gasteiger partial charge in [0.1, 0.15) is 23.0 Å². The van der Waals surface area contributed by atoms with Crippen molar-refractivity contribution in [2.45, 2.75) is 0 Å². The Balaban J connectivity index is 1.37. The molecule has 0 aliphatic rings. The summed E-state index contributed by atoms with van der Waals surface area (Å²) in [5.41, 5.74) is 2.73. The van der Waals surface area contributed by atoms with Crippen molar-refractivity contribution in [3.05, 3.63) is 108 Å². The van der Waals surface area contributed by atoms with Gasteiger partial charge in [0.2, 0.25) is 0 Å². The fourth-order valence-electron chi connectivity index (χ4n) is 3.22. The lowest BCUT2D eigenvalue weighted by Crippen LogP contribution is -2.08. The fourth-order valence-corrected chi connectivity index (χ4v) is 3.22. The Labute approximate surface area is 197 Å². The van der Waals surface area contributed by atoms with E-state index in [1.54, 1.807) is 87.0 Å². The van der Waals surface area contributed by atoms with Gasteiger partial charge in [-0.25, -0.2) is 9.59 Å². The van der Waals surface area contributed by atoms with Gasteiger partial charge in [-0.2, -0.15) is 0 Å². The van der Waals surface area contributed by atoms with Crippen LogP contribution in [-0.4, -0.2) is 26.2 Å². The average Bonchev–Trinajstić information content (AvgIpc) is 2.89. The van der Waals surface area contributed by atoms with E-state index in [1.807, 2.05) is 24.3 Å². The zero-order valence-electron chi connectivity index (χ0n) is 18.7. The van der Waals surface area contributed by atoms with E-state index in [0.717, 1.165) is 11.1 Å². The largest absolute Gasteiger partial charge is 0.497 e. The highest BCUT2D eigenvalue weighted by Gasteiger charge is 2.11. The first kappa shape index (κ1) is 22.6. The molecule has 4 aromatic carbocycles. The van der Waals surface area contributed by atoms with Gasteiger partial charge < -0.3 is 18.9 Å². The summed E-state index contributed by atoms with van der Waals surface area (Å²) in [6, 6.07) is 27.8. The normalized spacial score (nSPS) is 10.3. The smallest absolute Gasteiger partial charge is 0.343 e. The maximum absolute atomic E-state index is 12.3. The lowest BCUT2D eigenvalue weighted by molar-refractivity contribution is 0.0725. The van der Waals surface area contributed by atoms with Gasteiger partial charge in [-0.15, -0.1) is 0 Å². The van der Waals surface area contributed by atoms with Crippen LogP contribution >= 0.6 is 0 Å². The molecule has 170 valence electrons. The molecule has 0 atom stereocenters. The van der Waals surface area contributed by atoms with Crippen LogP contribution in [0.15, 0.2) is 97.1 Å². The van der Waals surface area contributed by atoms with E-state index in [9.17, 15) is 9.59 Å². The molecule has 0 N–H and O–H groups in total. The van der Waals surface area contributed by atoms with Crippen molar-refractivity contribution in [1.29, 1.82) is 0 Å². The molecular formula is C28H22O6. The standard InChI is InChI=1S/C28H22O6/c1-31-23-11-7-21(8-12-23)27(29)33-25-15-3-19(4-16-25)20-5-17-26(18-6-20)34-28(30)22-9-13-24(32-2)14-10-22/h3-18H,1-2H3. The van der Waals surface area contributed by atoms with Gasteiger partial charge in [0, 0.05) is 0 Å². The van der Waals surface area contributed by atoms with Crippen LogP contribution in [0.3, 0.4) is 0 Å². The van der Waals surface area contributed by atoms with Crippen LogP contribution in [0.4, 0.5) is 0 Å². The van der Waals surface area contributed by atoms with E-state index in [-0.39, 0.29) is 0 Å². The average molecular weight is 454 g/mol. The second-order valence-corrected chi connectivity index (χ2v) is 7.28. The van der Waals surface area contributed by atoms with Crippen molar-refractivity contribution in [3.63, 3.8) is 0 Å². The van der Waals surface area contributed by atoms with Crippen LogP contribution in [-0.2, 0) is 0 Å². The zero-order chi connectivity index (χ0) is 23.9. The van der Waals surface area contributed by atoms with Gasteiger partial charge in [0.15, 0.2) is 0 Å². The number of rotatable bonds is 7. The van der Waals surface area contributed by atoms with Gasteiger partial charge in [0.25, 0.3) is 0 Å². The number of methoxy groups -OCH3 is 2. The summed E-state index contributed by atoms with van der Waals surface area (Å²) < 4.78 is 21.1. The van der Waals surface area contributed by atoms with E-state index < -0.39 is 11.9 Å². The van der Waals surface area contributed by atoms with E-state index >= 15 is 0 Å². The van der Waals surface area contributed by atoms with Crippen LogP contribution in [0.1, 0.15) is 20.7 Å². The first-order valence-electron chi connectivity index (χ1n) is 10.5. The predicted octanol–water partition coefficient (Wildman–Crippen LogP) is 5.81. The third-order valence-corrected chi connectivity index (χ3v) is 5.11. The van der Waals surface area contributed by atoms with Gasteiger partial charge in [-0.1, -0.05) is 24.3 Å². The van der Waals surface area contributed by atoms with Crippen LogP contribution in [0.2, 0.25) is 0 Å². The van der Waals surface area contributed by atoms with Gasteiger partial charge in [-0.05, 0) is 83.9 Å². The molecule has 0 aliphatic heterocycles. The van der Waals surface area contributed by atoms with Gasteiger partial charge in [-0.3, -0.25) is 0 Å². The van der Waals surface area contributed by atoms with Crippen LogP contribution < -0.4 is 18.9 Å². The molecule has 0 bridgehead atoms. The minimum absolute atomic E-state index is 0.435. The lowest BCUT2D eigenvalue weighted by Gasteiger charge is -2.08. The molecule has 6 heteroatoms. The molecule has 4 aromatic rings. The zero-order valence-corrected chi connectivity index (χ0v) is 18.7.